The van der Waals surface area contributed by atoms with Gasteiger partial charge in [-0.25, -0.2) is 0 Å². The van der Waals surface area contributed by atoms with Crippen molar-refractivity contribution in [1.82, 2.24) is 15.2 Å². The number of unbranched alkanes of at least 4 members (excludes halogenated alkanes) is 1. The highest BCUT2D eigenvalue weighted by Crippen LogP contribution is 2.26. The first kappa shape index (κ1) is 19.9. The molecule has 0 saturated heterocycles. The summed E-state index contributed by atoms with van der Waals surface area (Å²) in [5.41, 5.74) is 4.02. The topological polar surface area (TPSA) is 48.1 Å². The van der Waals surface area contributed by atoms with Crippen LogP contribution in [-0.4, -0.2) is 27.6 Å². The third kappa shape index (κ3) is 4.52. The molecule has 1 aliphatic carbocycles. The van der Waals surface area contributed by atoms with E-state index in [2.05, 4.69) is 47.2 Å². The van der Waals surface area contributed by atoms with Crippen molar-refractivity contribution in [2.45, 2.75) is 71.9 Å². The Morgan fingerprint density at radius 2 is 1.96 bits per heavy atom. The monoisotopic (exact) mass is 385 g/mol. The van der Waals surface area contributed by atoms with Gasteiger partial charge in [0, 0.05) is 23.5 Å². The number of benzene rings is 1. The highest BCUT2D eigenvalue weighted by atomic mass is 32.1. The minimum atomic E-state index is -0.00412. The van der Waals surface area contributed by atoms with Gasteiger partial charge in [-0.15, -0.1) is 0 Å². The lowest BCUT2D eigenvalue weighted by Crippen LogP contribution is -2.45. The molecule has 3 rings (SSSR count). The van der Waals surface area contributed by atoms with Gasteiger partial charge in [0.05, 0.1) is 12.1 Å². The van der Waals surface area contributed by atoms with Crippen LogP contribution in [0.2, 0.25) is 0 Å². The fourth-order valence-electron chi connectivity index (χ4n) is 3.98. The molecule has 0 atom stereocenters. The molecule has 0 amide bonds. The Kier molecular flexibility index (Phi) is 6.53. The van der Waals surface area contributed by atoms with E-state index in [0.717, 1.165) is 59.4 Å². The van der Waals surface area contributed by atoms with Crippen molar-refractivity contribution in [1.29, 1.82) is 0 Å². The molecular weight excluding hydrogens is 354 g/mol. The summed E-state index contributed by atoms with van der Waals surface area (Å²) in [6.07, 6.45) is 7.03. The first-order valence-corrected chi connectivity index (χ1v) is 10.6. The lowest BCUT2D eigenvalue weighted by molar-refractivity contribution is 0.302. The molecule has 0 spiro atoms. The van der Waals surface area contributed by atoms with E-state index in [4.69, 9.17) is 12.2 Å². The summed E-state index contributed by atoms with van der Waals surface area (Å²) < 4.78 is 0. The normalized spacial score (nSPS) is 14.6. The maximum absolute atomic E-state index is 12.8. The van der Waals surface area contributed by atoms with Gasteiger partial charge in [-0.05, 0) is 62.5 Å². The van der Waals surface area contributed by atoms with E-state index in [1.807, 2.05) is 6.92 Å². The number of hydrogen-bond donors (Lipinski definition) is 2. The van der Waals surface area contributed by atoms with Gasteiger partial charge in [-0.2, -0.15) is 0 Å². The molecule has 0 unspecified atom stereocenters. The van der Waals surface area contributed by atoms with Crippen LogP contribution in [0.15, 0.2) is 23.0 Å². The van der Waals surface area contributed by atoms with Gasteiger partial charge < -0.3 is 15.2 Å². The number of fused-ring (bicyclic) bond motifs is 1. The minimum Gasteiger partial charge on any atom is -0.363 e. The van der Waals surface area contributed by atoms with Gasteiger partial charge in [0.1, 0.15) is 0 Å². The second-order valence-corrected chi connectivity index (χ2v) is 8.15. The second kappa shape index (κ2) is 8.87. The lowest BCUT2D eigenvalue weighted by atomic mass is 10.0. The minimum absolute atomic E-state index is 0.00412. The molecule has 1 aromatic heterocycles. The van der Waals surface area contributed by atoms with Gasteiger partial charge >= 0.3 is 0 Å². The maximum Gasteiger partial charge on any atom is 0.253 e. The molecule has 0 aliphatic heterocycles. The summed E-state index contributed by atoms with van der Waals surface area (Å²) in [6.45, 7) is 7.77. The van der Waals surface area contributed by atoms with E-state index in [-0.39, 0.29) is 5.56 Å². The highest BCUT2D eigenvalue weighted by molar-refractivity contribution is 7.80. The number of rotatable bonds is 6. The molecule has 2 N–H and O–H groups in total. The average molecular weight is 386 g/mol. The van der Waals surface area contributed by atoms with Gasteiger partial charge in [0.15, 0.2) is 5.11 Å². The molecule has 146 valence electrons. The largest absolute Gasteiger partial charge is 0.363 e. The number of nitrogens with zero attached hydrogens (tertiary/aromatic N) is 1. The smallest absolute Gasteiger partial charge is 0.253 e. The second-order valence-electron chi connectivity index (χ2n) is 7.76. The number of aromatic nitrogens is 1. The van der Waals surface area contributed by atoms with E-state index in [9.17, 15) is 4.79 Å². The lowest BCUT2D eigenvalue weighted by Gasteiger charge is -2.31. The molecule has 0 radical (unpaired) electrons. The average Bonchev–Trinajstić information content (AvgIpc) is 3.18. The molecule has 4 nitrogen and oxygen atoms in total. The number of thiocarbonyl (C=S) groups is 1. The van der Waals surface area contributed by atoms with Crippen LogP contribution in [0.4, 0.5) is 0 Å². The van der Waals surface area contributed by atoms with Crippen LogP contribution >= 0.6 is 12.2 Å². The fourth-order valence-corrected chi connectivity index (χ4v) is 4.29. The Hall–Kier alpha value is -1.88. The predicted molar refractivity (Wildman–Crippen MR) is 117 cm³/mol. The SMILES string of the molecule is CCCCNC(=S)N(Cc1cc2c(C)ccc(C)c2[nH]c1=O)C1CCCC1. The quantitative estimate of drug-likeness (QED) is 0.565. The van der Waals surface area contributed by atoms with E-state index < -0.39 is 0 Å². The first-order valence-electron chi connectivity index (χ1n) is 10.2. The Balaban J connectivity index is 1.90. The standard InChI is InChI=1S/C22H31N3OS/c1-4-5-12-23-22(27)25(18-8-6-7-9-18)14-17-13-19-15(2)10-11-16(3)20(19)24-21(17)26/h10-11,13,18H,4-9,12,14H2,1-3H3,(H,23,27)(H,24,26). The molecule has 27 heavy (non-hydrogen) atoms. The molecule has 1 saturated carbocycles. The van der Waals surface area contributed by atoms with Crippen LogP contribution < -0.4 is 10.9 Å². The summed E-state index contributed by atoms with van der Waals surface area (Å²) in [7, 11) is 0. The Morgan fingerprint density at radius 3 is 2.67 bits per heavy atom. The Morgan fingerprint density at radius 1 is 1.26 bits per heavy atom. The van der Waals surface area contributed by atoms with Crippen LogP contribution in [0.5, 0.6) is 0 Å². The molecule has 2 aromatic rings. The van der Waals surface area contributed by atoms with Gasteiger partial charge in [-0.1, -0.05) is 38.3 Å². The number of nitrogens with one attached hydrogen (secondary N) is 2. The van der Waals surface area contributed by atoms with E-state index in [1.54, 1.807) is 0 Å². The molecule has 1 heterocycles. The third-order valence-electron chi connectivity index (χ3n) is 5.69. The maximum atomic E-state index is 12.8. The number of aromatic amines is 1. The van der Waals surface area contributed by atoms with E-state index in [1.165, 1.54) is 18.4 Å². The third-order valence-corrected chi connectivity index (χ3v) is 6.07. The summed E-state index contributed by atoms with van der Waals surface area (Å²) in [4.78, 5) is 18.1. The molecular formula is C22H31N3OS. The van der Waals surface area contributed by atoms with E-state index in [0.29, 0.717) is 12.6 Å². The zero-order valence-corrected chi connectivity index (χ0v) is 17.5. The number of aryl methyl sites for hydroxylation is 2. The van der Waals surface area contributed by atoms with Crippen molar-refractivity contribution in [2.75, 3.05) is 6.54 Å². The van der Waals surface area contributed by atoms with Crippen molar-refractivity contribution < 1.29 is 0 Å². The predicted octanol–water partition coefficient (Wildman–Crippen LogP) is 4.56. The zero-order chi connectivity index (χ0) is 19.4. The van der Waals surface area contributed by atoms with Crippen molar-refractivity contribution >= 4 is 28.2 Å². The summed E-state index contributed by atoms with van der Waals surface area (Å²) in [5.74, 6) is 0. The van der Waals surface area contributed by atoms with Crippen LogP contribution in [0.1, 0.15) is 62.1 Å². The molecule has 0 bridgehead atoms. The zero-order valence-electron chi connectivity index (χ0n) is 16.7. The van der Waals surface area contributed by atoms with Gasteiger partial charge in [0.2, 0.25) is 0 Å². The molecule has 1 fully saturated rings. The van der Waals surface area contributed by atoms with Crippen LogP contribution in [0, 0.1) is 13.8 Å². The van der Waals surface area contributed by atoms with Crippen LogP contribution in [-0.2, 0) is 6.54 Å². The van der Waals surface area contributed by atoms with Crippen molar-refractivity contribution in [2.24, 2.45) is 0 Å². The Labute approximate surface area is 167 Å². The molecule has 5 heteroatoms. The molecule has 1 aliphatic rings. The fraction of sp³-hybridized carbons (Fsp3) is 0.545. The van der Waals surface area contributed by atoms with Crippen molar-refractivity contribution in [3.63, 3.8) is 0 Å². The van der Waals surface area contributed by atoms with Crippen molar-refractivity contribution in [3.05, 3.63) is 45.2 Å². The van der Waals surface area contributed by atoms with Gasteiger partial charge in [-0.3, -0.25) is 4.79 Å². The summed E-state index contributed by atoms with van der Waals surface area (Å²) in [5, 5.41) is 5.32. The number of H-pyrrole nitrogens is 1. The van der Waals surface area contributed by atoms with Crippen LogP contribution in [0.25, 0.3) is 10.9 Å². The first-order chi connectivity index (χ1) is 13.0. The summed E-state index contributed by atoms with van der Waals surface area (Å²) >= 11 is 5.71. The summed E-state index contributed by atoms with van der Waals surface area (Å²) in [6, 6.07) is 6.67. The van der Waals surface area contributed by atoms with E-state index >= 15 is 0 Å². The highest BCUT2D eigenvalue weighted by Gasteiger charge is 2.25. The number of pyridine rings is 1. The van der Waals surface area contributed by atoms with Gasteiger partial charge in [0.25, 0.3) is 5.56 Å². The molecule has 1 aromatic carbocycles. The van der Waals surface area contributed by atoms with Crippen molar-refractivity contribution in [3.8, 4) is 0 Å². The Bertz CT molecular complexity index is 868. The number of hydrogen-bond acceptors (Lipinski definition) is 2. The van der Waals surface area contributed by atoms with Crippen LogP contribution in [0.3, 0.4) is 0 Å².